The van der Waals surface area contributed by atoms with Crippen LogP contribution in [0.1, 0.15) is 30.9 Å². The second-order valence-corrected chi connectivity index (χ2v) is 6.72. The quantitative estimate of drug-likeness (QED) is 0.918. The van der Waals surface area contributed by atoms with Gasteiger partial charge in [0.05, 0.1) is 5.02 Å². The molecule has 0 aromatic heterocycles. The number of halogens is 2. The molecule has 1 saturated heterocycles. The maximum Gasteiger partial charge on any atom is 0.0548 e. The van der Waals surface area contributed by atoms with Gasteiger partial charge in [-0.15, -0.1) is 0 Å². The number of hydrogen-bond acceptors (Lipinski definition) is 2. The van der Waals surface area contributed by atoms with Gasteiger partial charge in [-0.05, 0) is 58.8 Å². The Morgan fingerprint density at radius 2 is 2.28 bits per heavy atom. The van der Waals surface area contributed by atoms with Gasteiger partial charge in [0.25, 0.3) is 0 Å². The zero-order valence-corrected chi connectivity index (χ0v) is 12.6. The van der Waals surface area contributed by atoms with E-state index in [1.54, 1.807) is 0 Å². The number of fused-ring (bicyclic) bond motifs is 2. The highest BCUT2D eigenvalue weighted by atomic mass is 79.9. The van der Waals surface area contributed by atoms with Gasteiger partial charge in [0.15, 0.2) is 0 Å². The summed E-state index contributed by atoms with van der Waals surface area (Å²) in [4.78, 5) is 2.60. The maximum atomic E-state index is 6.06. The largest absolute Gasteiger partial charge is 0.329 e. The molecule has 1 aromatic rings. The number of rotatable bonds is 3. The van der Waals surface area contributed by atoms with Gasteiger partial charge in [0, 0.05) is 29.6 Å². The van der Waals surface area contributed by atoms with Crippen LogP contribution < -0.4 is 5.73 Å². The maximum absolute atomic E-state index is 6.06. The van der Waals surface area contributed by atoms with Crippen LogP contribution in [0.15, 0.2) is 22.7 Å². The first-order valence-electron chi connectivity index (χ1n) is 6.60. The third-order valence-electron chi connectivity index (χ3n) is 4.40. The monoisotopic (exact) mass is 328 g/mol. The van der Waals surface area contributed by atoms with E-state index in [0.717, 1.165) is 21.5 Å². The van der Waals surface area contributed by atoms with Crippen LogP contribution in [0.2, 0.25) is 5.02 Å². The fraction of sp³-hybridized carbons (Fsp3) is 0.571. The minimum atomic E-state index is 0.342. The Labute approximate surface area is 122 Å². The van der Waals surface area contributed by atoms with Crippen LogP contribution in [0.5, 0.6) is 0 Å². The molecule has 3 unspecified atom stereocenters. The molecule has 18 heavy (non-hydrogen) atoms. The highest BCUT2D eigenvalue weighted by Gasteiger charge is 2.40. The third kappa shape index (κ3) is 2.22. The molecule has 2 bridgehead atoms. The molecule has 4 heteroatoms. The summed E-state index contributed by atoms with van der Waals surface area (Å²) in [6, 6.07) is 7.27. The van der Waals surface area contributed by atoms with Crippen LogP contribution >= 0.6 is 27.5 Å². The van der Waals surface area contributed by atoms with E-state index in [4.69, 9.17) is 17.3 Å². The Bertz CT molecular complexity index is 451. The van der Waals surface area contributed by atoms with Crippen molar-refractivity contribution in [3.8, 4) is 0 Å². The van der Waals surface area contributed by atoms with Crippen LogP contribution in [-0.2, 0) is 0 Å². The van der Waals surface area contributed by atoms with Crippen molar-refractivity contribution in [3.05, 3.63) is 33.3 Å². The number of hydrogen-bond donors (Lipinski definition) is 1. The lowest BCUT2D eigenvalue weighted by atomic mass is 10.0. The number of nitrogens with two attached hydrogens (primary N) is 1. The predicted octanol–water partition coefficient (Wildman–Crippen LogP) is 3.59. The molecule has 1 saturated carbocycles. The van der Waals surface area contributed by atoms with Gasteiger partial charge in [0.2, 0.25) is 0 Å². The summed E-state index contributed by atoms with van der Waals surface area (Å²) in [5.41, 5.74) is 7.29. The number of nitrogens with zero attached hydrogens (tertiary/aromatic N) is 1. The van der Waals surface area contributed by atoms with Gasteiger partial charge in [-0.2, -0.15) is 0 Å². The van der Waals surface area contributed by atoms with Gasteiger partial charge >= 0.3 is 0 Å². The minimum absolute atomic E-state index is 0.342. The summed E-state index contributed by atoms with van der Waals surface area (Å²) >= 11 is 9.56. The predicted molar refractivity (Wildman–Crippen MR) is 78.8 cm³/mol. The van der Waals surface area contributed by atoms with Gasteiger partial charge in [-0.1, -0.05) is 17.7 Å². The van der Waals surface area contributed by atoms with E-state index in [9.17, 15) is 0 Å². The molecule has 98 valence electrons. The molecule has 1 heterocycles. The standard InChI is InChI=1S/C14H18BrClN2/c15-12-6-10(2-4-13(12)16)14(7-17)18-8-9-1-3-11(18)5-9/h2,4,6,9,11,14H,1,3,5,7-8,17H2. The second kappa shape index (κ2) is 5.12. The first kappa shape index (κ1) is 12.9. The molecular formula is C14H18BrClN2. The third-order valence-corrected chi connectivity index (χ3v) is 5.62. The van der Waals surface area contributed by atoms with Crippen LogP contribution in [0.3, 0.4) is 0 Å². The Morgan fingerprint density at radius 3 is 2.83 bits per heavy atom. The fourth-order valence-corrected chi connectivity index (χ4v) is 4.04. The molecule has 0 radical (unpaired) electrons. The lowest BCUT2D eigenvalue weighted by Gasteiger charge is -2.34. The van der Waals surface area contributed by atoms with Crippen LogP contribution in [0.25, 0.3) is 0 Å². The van der Waals surface area contributed by atoms with Crippen molar-refractivity contribution in [2.24, 2.45) is 11.7 Å². The summed E-state index contributed by atoms with van der Waals surface area (Å²) < 4.78 is 0.962. The molecule has 3 rings (SSSR count). The molecule has 3 atom stereocenters. The van der Waals surface area contributed by atoms with E-state index in [2.05, 4.69) is 33.0 Å². The normalized spacial score (nSPS) is 28.8. The van der Waals surface area contributed by atoms with Crippen molar-refractivity contribution < 1.29 is 0 Å². The van der Waals surface area contributed by atoms with Gasteiger partial charge in [0.1, 0.15) is 0 Å². The van der Waals surface area contributed by atoms with Crippen molar-refractivity contribution in [1.82, 2.24) is 4.90 Å². The van der Waals surface area contributed by atoms with E-state index < -0.39 is 0 Å². The molecule has 2 aliphatic rings. The van der Waals surface area contributed by atoms with Crippen LogP contribution in [-0.4, -0.2) is 24.0 Å². The van der Waals surface area contributed by atoms with Crippen molar-refractivity contribution in [2.45, 2.75) is 31.3 Å². The van der Waals surface area contributed by atoms with E-state index in [-0.39, 0.29) is 0 Å². The summed E-state index contributed by atoms with van der Waals surface area (Å²) in [5.74, 6) is 0.903. The smallest absolute Gasteiger partial charge is 0.0548 e. The SMILES string of the molecule is NCC(c1ccc(Cl)c(Br)c1)N1CC2CCC1C2. The summed E-state index contributed by atoms with van der Waals surface area (Å²) in [6.07, 6.45) is 4.12. The minimum Gasteiger partial charge on any atom is -0.329 e. The van der Waals surface area contributed by atoms with E-state index in [1.165, 1.54) is 31.4 Å². The van der Waals surface area contributed by atoms with Crippen molar-refractivity contribution in [2.75, 3.05) is 13.1 Å². The molecule has 1 aliphatic carbocycles. The molecule has 1 aliphatic heterocycles. The zero-order valence-electron chi connectivity index (χ0n) is 10.3. The average molecular weight is 330 g/mol. The van der Waals surface area contributed by atoms with Crippen LogP contribution in [0.4, 0.5) is 0 Å². The summed E-state index contributed by atoms with van der Waals surface area (Å²) in [7, 11) is 0. The molecule has 1 aromatic carbocycles. The Morgan fingerprint density at radius 1 is 1.44 bits per heavy atom. The molecule has 2 N–H and O–H groups in total. The van der Waals surface area contributed by atoms with E-state index in [0.29, 0.717) is 12.6 Å². The number of likely N-dealkylation sites (tertiary alicyclic amines) is 1. The Kier molecular flexibility index (Phi) is 3.68. The Balaban J connectivity index is 1.85. The zero-order chi connectivity index (χ0) is 12.7. The Hall–Kier alpha value is -0.0900. The summed E-state index contributed by atoms with van der Waals surface area (Å²) in [5, 5.41) is 0.762. The first-order valence-corrected chi connectivity index (χ1v) is 7.77. The van der Waals surface area contributed by atoms with Crippen molar-refractivity contribution in [3.63, 3.8) is 0 Å². The molecule has 0 spiro atoms. The van der Waals surface area contributed by atoms with E-state index in [1.807, 2.05) is 6.07 Å². The lowest BCUT2D eigenvalue weighted by molar-refractivity contribution is 0.153. The second-order valence-electron chi connectivity index (χ2n) is 5.45. The fourth-order valence-electron chi connectivity index (χ4n) is 3.53. The van der Waals surface area contributed by atoms with Crippen molar-refractivity contribution in [1.29, 1.82) is 0 Å². The van der Waals surface area contributed by atoms with Gasteiger partial charge < -0.3 is 5.73 Å². The number of benzene rings is 1. The molecule has 2 fully saturated rings. The average Bonchev–Trinajstić information content (AvgIpc) is 2.97. The summed E-state index contributed by atoms with van der Waals surface area (Å²) in [6.45, 7) is 1.89. The molecule has 0 amide bonds. The van der Waals surface area contributed by atoms with E-state index >= 15 is 0 Å². The lowest BCUT2D eigenvalue weighted by Crippen LogP contribution is -2.39. The van der Waals surface area contributed by atoms with Gasteiger partial charge in [-0.25, -0.2) is 0 Å². The van der Waals surface area contributed by atoms with Gasteiger partial charge in [-0.3, -0.25) is 4.90 Å². The van der Waals surface area contributed by atoms with Crippen molar-refractivity contribution >= 4 is 27.5 Å². The molecular weight excluding hydrogens is 312 g/mol. The topological polar surface area (TPSA) is 29.3 Å². The highest BCUT2D eigenvalue weighted by molar-refractivity contribution is 9.10. The molecule has 2 nitrogen and oxygen atoms in total. The highest BCUT2D eigenvalue weighted by Crippen LogP contribution is 2.42. The number of piperidine rings is 1. The van der Waals surface area contributed by atoms with Crippen LogP contribution in [0, 0.1) is 5.92 Å². The first-order chi connectivity index (χ1) is 8.69.